The first-order chi connectivity index (χ1) is 5.40. The lowest BCUT2D eigenvalue weighted by molar-refractivity contribution is 0.0607. The standard InChI is InChI=1S/C4H8Cl2O5S/c5-1-3(7)4(2-6)11-12(8,9)10/h3-4,7H,1-2H2,(H,8,9,10)/t3-,4-/m1/s1. The second-order valence-corrected chi connectivity index (χ2v) is 3.60. The number of aliphatic hydroxyl groups excluding tert-OH is 1. The molecule has 0 aromatic rings. The van der Waals surface area contributed by atoms with Crippen molar-refractivity contribution >= 4 is 33.6 Å². The Morgan fingerprint density at radius 2 is 1.83 bits per heavy atom. The first kappa shape index (κ1) is 12.4. The van der Waals surface area contributed by atoms with Gasteiger partial charge in [-0.15, -0.1) is 23.2 Å². The molecule has 0 bridgehead atoms. The monoisotopic (exact) mass is 238 g/mol. The lowest BCUT2D eigenvalue weighted by atomic mass is 10.3. The molecule has 2 atom stereocenters. The van der Waals surface area contributed by atoms with Crippen molar-refractivity contribution in [2.24, 2.45) is 0 Å². The molecule has 0 aliphatic heterocycles. The van der Waals surface area contributed by atoms with Crippen LogP contribution in [0.15, 0.2) is 0 Å². The molecule has 0 saturated carbocycles. The minimum absolute atomic E-state index is 0.229. The fourth-order valence-electron chi connectivity index (χ4n) is 0.448. The summed E-state index contributed by atoms with van der Waals surface area (Å²) < 4.78 is 32.5. The molecule has 0 aliphatic carbocycles. The molecule has 0 amide bonds. The van der Waals surface area contributed by atoms with E-state index in [4.69, 9.17) is 32.9 Å². The van der Waals surface area contributed by atoms with Crippen LogP contribution >= 0.6 is 23.2 Å². The van der Waals surface area contributed by atoms with E-state index >= 15 is 0 Å². The van der Waals surface area contributed by atoms with Crippen LogP contribution in [0.1, 0.15) is 0 Å². The quantitative estimate of drug-likeness (QED) is 0.521. The van der Waals surface area contributed by atoms with Crippen LogP contribution in [-0.4, -0.2) is 42.0 Å². The van der Waals surface area contributed by atoms with Crippen LogP contribution < -0.4 is 0 Å². The average Bonchev–Trinajstić information content (AvgIpc) is 1.97. The maximum absolute atomic E-state index is 10.1. The van der Waals surface area contributed by atoms with Gasteiger partial charge in [0.1, 0.15) is 6.10 Å². The first-order valence-electron chi connectivity index (χ1n) is 2.86. The molecule has 0 unspecified atom stereocenters. The molecule has 0 radical (unpaired) electrons. The average molecular weight is 239 g/mol. The van der Waals surface area contributed by atoms with Crippen LogP contribution in [-0.2, 0) is 14.6 Å². The van der Waals surface area contributed by atoms with Crippen molar-refractivity contribution in [3.63, 3.8) is 0 Å². The Balaban J connectivity index is 4.18. The van der Waals surface area contributed by atoms with Crippen molar-refractivity contribution in [2.45, 2.75) is 12.2 Å². The molecular formula is C4H8Cl2O5S. The minimum Gasteiger partial charge on any atom is -0.389 e. The summed E-state index contributed by atoms with van der Waals surface area (Å²) in [6, 6.07) is 0. The molecule has 8 heteroatoms. The maximum Gasteiger partial charge on any atom is 0.397 e. The van der Waals surface area contributed by atoms with Crippen LogP contribution in [0.5, 0.6) is 0 Å². The van der Waals surface area contributed by atoms with Crippen LogP contribution in [0.25, 0.3) is 0 Å². The topological polar surface area (TPSA) is 83.8 Å². The van der Waals surface area contributed by atoms with Crippen molar-refractivity contribution in [1.82, 2.24) is 0 Å². The number of hydrogen-bond acceptors (Lipinski definition) is 4. The lowest BCUT2D eigenvalue weighted by Gasteiger charge is -2.16. The Morgan fingerprint density at radius 1 is 1.33 bits per heavy atom. The van der Waals surface area contributed by atoms with Gasteiger partial charge in [0.15, 0.2) is 0 Å². The molecule has 74 valence electrons. The van der Waals surface area contributed by atoms with Gasteiger partial charge in [0.05, 0.1) is 17.9 Å². The van der Waals surface area contributed by atoms with Crippen LogP contribution in [0, 0.1) is 0 Å². The van der Waals surface area contributed by atoms with E-state index in [1.807, 2.05) is 0 Å². The van der Waals surface area contributed by atoms with Crippen LogP contribution in [0.3, 0.4) is 0 Å². The third-order valence-electron chi connectivity index (χ3n) is 0.985. The Morgan fingerprint density at radius 3 is 2.08 bits per heavy atom. The molecule has 0 aliphatic rings. The molecule has 0 rings (SSSR count). The number of hydrogen-bond donors (Lipinski definition) is 2. The van der Waals surface area contributed by atoms with Crippen LogP contribution in [0.4, 0.5) is 0 Å². The van der Waals surface area contributed by atoms with Crippen molar-refractivity contribution in [2.75, 3.05) is 11.8 Å². The molecule has 0 heterocycles. The van der Waals surface area contributed by atoms with Gasteiger partial charge in [-0.3, -0.25) is 4.55 Å². The van der Waals surface area contributed by atoms with E-state index in [0.717, 1.165) is 0 Å². The Bertz CT molecular complexity index is 215. The third-order valence-corrected chi connectivity index (χ3v) is 2.10. The zero-order valence-electron chi connectivity index (χ0n) is 5.85. The summed E-state index contributed by atoms with van der Waals surface area (Å²) in [5, 5.41) is 8.96. The van der Waals surface area contributed by atoms with Crippen LogP contribution in [0.2, 0.25) is 0 Å². The van der Waals surface area contributed by atoms with E-state index in [1.165, 1.54) is 0 Å². The highest BCUT2D eigenvalue weighted by Gasteiger charge is 2.23. The molecule has 5 nitrogen and oxygen atoms in total. The van der Waals surface area contributed by atoms with E-state index in [0.29, 0.717) is 0 Å². The SMILES string of the molecule is O=S(=O)(O)O[C@H](CCl)[C@H](O)CCl. The second kappa shape index (κ2) is 5.21. The maximum atomic E-state index is 10.1. The lowest BCUT2D eigenvalue weighted by Crippen LogP contribution is -2.33. The van der Waals surface area contributed by atoms with Gasteiger partial charge in [0.25, 0.3) is 0 Å². The fourth-order valence-corrected chi connectivity index (χ4v) is 1.50. The van der Waals surface area contributed by atoms with Gasteiger partial charge in [-0.05, 0) is 0 Å². The number of rotatable bonds is 5. The highest BCUT2D eigenvalue weighted by atomic mass is 35.5. The largest absolute Gasteiger partial charge is 0.397 e. The highest BCUT2D eigenvalue weighted by molar-refractivity contribution is 7.80. The highest BCUT2D eigenvalue weighted by Crippen LogP contribution is 2.07. The molecule has 0 saturated heterocycles. The van der Waals surface area contributed by atoms with Gasteiger partial charge >= 0.3 is 10.4 Å². The molecule has 0 spiro atoms. The number of alkyl halides is 2. The molecule has 0 aromatic heterocycles. The Kier molecular flexibility index (Phi) is 5.38. The van der Waals surface area contributed by atoms with Gasteiger partial charge in [-0.2, -0.15) is 8.42 Å². The smallest absolute Gasteiger partial charge is 0.389 e. The van der Waals surface area contributed by atoms with E-state index in [2.05, 4.69) is 4.18 Å². The Labute approximate surface area is 80.2 Å². The predicted molar refractivity (Wildman–Crippen MR) is 43.9 cm³/mol. The van der Waals surface area contributed by atoms with Gasteiger partial charge in [0, 0.05) is 0 Å². The molecule has 12 heavy (non-hydrogen) atoms. The van der Waals surface area contributed by atoms with E-state index in [1.54, 1.807) is 0 Å². The van der Waals surface area contributed by atoms with Crippen molar-refractivity contribution in [1.29, 1.82) is 0 Å². The van der Waals surface area contributed by atoms with Crippen molar-refractivity contribution in [3.05, 3.63) is 0 Å². The van der Waals surface area contributed by atoms with Gasteiger partial charge in [0.2, 0.25) is 0 Å². The summed E-state index contributed by atoms with van der Waals surface area (Å²) >= 11 is 10.4. The normalized spacial score (nSPS) is 17.3. The molecule has 0 aromatic carbocycles. The minimum atomic E-state index is -4.59. The van der Waals surface area contributed by atoms with Gasteiger partial charge in [-0.1, -0.05) is 0 Å². The first-order valence-corrected chi connectivity index (χ1v) is 5.30. The summed E-state index contributed by atoms with van der Waals surface area (Å²) in [5.74, 6) is -0.513. The fraction of sp³-hybridized carbons (Fsp3) is 1.00. The summed E-state index contributed by atoms with van der Waals surface area (Å²) in [4.78, 5) is 0. The number of aliphatic hydroxyl groups is 1. The molecule has 2 N–H and O–H groups in total. The molecule has 0 fully saturated rings. The van der Waals surface area contributed by atoms with Gasteiger partial charge < -0.3 is 5.11 Å². The predicted octanol–water partition coefficient (Wildman–Crippen LogP) is 0.0129. The number of halogens is 2. The van der Waals surface area contributed by atoms with Crippen molar-refractivity contribution < 1.29 is 22.3 Å². The van der Waals surface area contributed by atoms with Gasteiger partial charge in [-0.25, -0.2) is 4.18 Å². The summed E-state index contributed by atoms with van der Waals surface area (Å²) in [6.45, 7) is 0. The molecular weight excluding hydrogens is 231 g/mol. The van der Waals surface area contributed by atoms with E-state index in [-0.39, 0.29) is 11.8 Å². The zero-order valence-corrected chi connectivity index (χ0v) is 8.18. The third kappa shape index (κ3) is 5.13. The summed E-state index contributed by atoms with van der Waals surface area (Å²) in [5.41, 5.74) is 0. The summed E-state index contributed by atoms with van der Waals surface area (Å²) in [6.07, 6.45) is -2.45. The van der Waals surface area contributed by atoms with Crippen molar-refractivity contribution in [3.8, 4) is 0 Å². The zero-order chi connectivity index (χ0) is 9.78. The second-order valence-electron chi connectivity index (χ2n) is 1.94. The van der Waals surface area contributed by atoms with E-state index < -0.39 is 22.6 Å². The Hall–Kier alpha value is 0.410. The van der Waals surface area contributed by atoms with E-state index in [9.17, 15) is 8.42 Å². The summed E-state index contributed by atoms with van der Waals surface area (Å²) in [7, 11) is -4.59.